The quantitative estimate of drug-likeness (QED) is 0.744. The summed E-state index contributed by atoms with van der Waals surface area (Å²) >= 11 is 0. The second-order valence-corrected chi connectivity index (χ2v) is 6.22. The van der Waals surface area contributed by atoms with Gasteiger partial charge in [-0.25, -0.2) is 9.78 Å². The number of hydrogen-bond donors (Lipinski definition) is 1. The predicted molar refractivity (Wildman–Crippen MR) is 96.1 cm³/mol. The molecule has 1 aromatic heterocycles. The van der Waals surface area contributed by atoms with Crippen molar-refractivity contribution in [2.75, 3.05) is 0 Å². The highest BCUT2D eigenvalue weighted by atomic mass is 16.4. The molecule has 0 radical (unpaired) electrons. The van der Waals surface area contributed by atoms with Crippen molar-refractivity contribution in [3.05, 3.63) is 76.5 Å². The third-order valence-corrected chi connectivity index (χ3v) is 4.57. The summed E-state index contributed by atoms with van der Waals surface area (Å²) < 4.78 is 0. The Morgan fingerprint density at radius 2 is 1.83 bits per heavy atom. The van der Waals surface area contributed by atoms with E-state index in [4.69, 9.17) is 4.98 Å². The molecule has 0 atom stereocenters. The third kappa shape index (κ3) is 2.38. The summed E-state index contributed by atoms with van der Waals surface area (Å²) in [7, 11) is 0. The Bertz CT molecular complexity index is 985. The molecule has 0 spiro atoms. The number of nitrogens with zero attached hydrogens (tertiary/aromatic N) is 1. The highest BCUT2D eigenvalue weighted by Gasteiger charge is 2.26. The maximum absolute atomic E-state index is 11.8. The number of carboxylic acids is 1. The van der Waals surface area contributed by atoms with Gasteiger partial charge in [-0.1, -0.05) is 48.0 Å². The molecule has 1 aliphatic carbocycles. The van der Waals surface area contributed by atoms with Crippen molar-refractivity contribution in [3.63, 3.8) is 0 Å². The molecule has 2 aromatic carbocycles. The van der Waals surface area contributed by atoms with Crippen LogP contribution in [0.5, 0.6) is 0 Å². The number of carbonyl (C=O) groups is 1. The van der Waals surface area contributed by atoms with E-state index < -0.39 is 5.97 Å². The second kappa shape index (κ2) is 5.60. The number of pyridine rings is 1. The van der Waals surface area contributed by atoms with Crippen molar-refractivity contribution in [1.82, 2.24) is 4.98 Å². The van der Waals surface area contributed by atoms with Gasteiger partial charge < -0.3 is 5.11 Å². The molecule has 4 rings (SSSR count). The summed E-state index contributed by atoms with van der Waals surface area (Å²) in [5, 5.41) is 10.4. The lowest BCUT2D eigenvalue weighted by Gasteiger charge is -2.09. The van der Waals surface area contributed by atoms with Crippen LogP contribution in [-0.4, -0.2) is 16.1 Å². The zero-order chi connectivity index (χ0) is 16.7. The van der Waals surface area contributed by atoms with Crippen LogP contribution in [0.2, 0.25) is 0 Å². The van der Waals surface area contributed by atoms with Crippen molar-refractivity contribution in [1.29, 1.82) is 0 Å². The fraction of sp³-hybridized carbons (Fsp3) is 0.143. The summed E-state index contributed by atoms with van der Waals surface area (Å²) in [5.41, 5.74) is 6.30. The van der Waals surface area contributed by atoms with Crippen LogP contribution < -0.4 is 0 Å². The van der Waals surface area contributed by atoms with E-state index in [0.717, 1.165) is 46.1 Å². The van der Waals surface area contributed by atoms with Crippen molar-refractivity contribution in [3.8, 4) is 0 Å². The zero-order valence-electron chi connectivity index (χ0n) is 13.4. The Morgan fingerprint density at radius 3 is 2.58 bits per heavy atom. The number of aromatic nitrogens is 1. The van der Waals surface area contributed by atoms with Crippen LogP contribution in [0.1, 0.15) is 39.2 Å². The fourth-order valence-electron chi connectivity index (χ4n) is 3.39. The number of aryl methyl sites for hydroxylation is 1. The molecule has 24 heavy (non-hydrogen) atoms. The summed E-state index contributed by atoms with van der Waals surface area (Å²) in [6.45, 7) is 2.06. The number of rotatable bonds is 2. The molecule has 0 saturated carbocycles. The number of carboxylic acid groups (broad SMARTS) is 1. The average molecular weight is 315 g/mol. The number of benzene rings is 2. The van der Waals surface area contributed by atoms with Crippen LogP contribution >= 0.6 is 0 Å². The largest absolute Gasteiger partial charge is 0.478 e. The number of allylic oxidation sites excluding steroid dienone is 1. The molecule has 1 aliphatic rings. The molecule has 0 bridgehead atoms. The molecule has 0 aliphatic heterocycles. The second-order valence-electron chi connectivity index (χ2n) is 6.22. The van der Waals surface area contributed by atoms with Crippen molar-refractivity contribution < 1.29 is 9.90 Å². The van der Waals surface area contributed by atoms with Gasteiger partial charge in [0.1, 0.15) is 0 Å². The fourth-order valence-corrected chi connectivity index (χ4v) is 3.39. The Balaban J connectivity index is 1.92. The Labute approximate surface area is 140 Å². The molecule has 0 saturated heterocycles. The number of para-hydroxylation sites is 1. The van der Waals surface area contributed by atoms with Crippen LogP contribution in [0.3, 0.4) is 0 Å². The van der Waals surface area contributed by atoms with E-state index in [9.17, 15) is 9.90 Å². The van der Waals surface area contributed by atoms with Crippen molar-refractivity contribution >= 4 is 28.5 Å². The molecular weight excluding hydrogens is 298 g/mol. The summed E-state index contributed by atoms with van der Waals surface area (Å²) in [4.78, 5) is 16.6. The van der Waals surface area contributed by atoms with Crippen LogP contribution in [0.15, 0.2) is 48.5 Å². The first kappa shape index (κ1) is 14.6. The SMILES string of the molecule is Cc1ccc(/C=C2\CCc3c2nc2ccccc2c3C(=O)O)cc1. The van der Waals surface area contributed by atoms with E-state index in [0.29, 0.717) is 5.56 Å². The third-order valence-electron chi connectivity index (χ3n) is 4.57. The highest BCUT2D eigenvalue weighted by Crippen LogP contribution is 2.37. The van der Waals surface area contributed by atoms with Gasteiger partial charge in [-0.3, -0.25) is 0 Å². The predicted octanol–water partition coefficient (Wildman–Crippen LogP) is 4.73. The van der Waals surface area contributed by atoms with Crippen LogP contribution in [-0.2, 0) is 6.42 Å². The van der Waals surface area contributed by atoms with Gasteiger partial charge in [0, 0.05) is 5.39 Å². The molecule has 3 aromatic rings. The molecule has 0 unspecified atom stereocenters. The maximum atomic E-state index is 11.8. The van der Waals surface area contributed by atoms with Gasteiger partial charge in [0.15, 0.2) is 0 Å². The first-order valence-electron chi connectivity index (χ1n) is 8.06. The van der Waals surface area contributed by atoms with Crippen molar-refractivity contribution in [2.24, 2.45) is 0 Å². The molecule has 0 amide bonds. The Kier molecular flexibility index (Phi) is 3.42. The van der Waals surface area contributed by atoms with Crippen LogP contribution in [0, 0.1) is 6.92 Å². The minimum atomic E-state index is -0.874. The lowest BCUT2D eigenvalue weighted by Crippen LogP contribution is -2.05. The van der Waals surface area contributed by atoms with E-state index in [1.807, 2.05) is 24.3 Å². The van der Waals surface area contributed by atoms with E-state index in [2.05, 4.69) is 37.3 Å². The van der Waals surface area contributed by atoms with Gasteiger partial charge in [0.2, 0.25) is 0 Å². The van der Waals surface area contributed by atoms with Crippen LogP contribution in [0.25, 0.3) is 22.6 Å². The minimum Gasteiger partial charge on any atom is -0.478 e. The average Bonchev–Trinajstić information content (AvgIpc) is 2.97. The normalized spacial score (nSPS) is 15.0. The van der Waals surface area contributed by atoms with E-state index in [1.54, 1.807) is 0 Å². The molecule has 118 valence electrons. The van der Waals surface area contributed by atoms with Gasteiger partial charge in [0.25, 0.3) is 0 Å². The molecule has 0 fully saturated rings. The first-order valence-corrected chi connectivity index (χ1v) is 8.06. The smallest absolute Gasteiger partial charge is 0.336 e. The summed E-state index contributed by atoms with van der Waals surface area (Å²) in [5.74, 6) is -0.874. The Hall–Kier alpha value is -2.94. The summed E-state index contributed by atoms with van der Waals surface area (Å²) in [6, 6.07) is 15.8. The minimum absolute atomic E-state index is 0.405. The highest BCUT2D eigenvalue weighted by molar-refractivity contribution is 6.06. The number of fused-ring (bicyclic) bond motifs is 2. The molecule has 1 heterocycles. The zero-order valence-corrected chi connectivity index (χ0v) is 13.4. The monoisotopic (exact) mass is 315 g/mol. The molecular formula is C21H17NO2. The number of hydrogen-bond acceptors (Lipinski definition) is 2. The van der Waals surface area contributed by atoms with Gasteiger partial charge in [-0.05, 0) is 48.6 Å². The molecule has 3 nitrogen and oxygen atoms in total. The van der Waals surface area contributed by atoms with E-state index in [-0.39, 0.29) is 0 Å². The van der Waals surface area contributed by atoms with Gasteiger partial charge in [-0.2, -0.15) is 0 Å². The summed E-state index contributed by atoms with van der Waals surface area (Å²) in [6.07, 6.45) is 3.68. The maximum Gasteiger partial charge on any atom is 0.336 e. The standard InChI is InChI=1S/C21H17NO2/c1-13-6-8-14(9-7-13)12-15-10-11-17-19(21(23)24)16-4-2-3-5-18(16)22-20(15)17/h2-9,12H,10-11H2,1H3,(H,23,24)/b15-12+. The number of aromatic carboxylic acids is 1. The van der Waals surface area contributed by atoms with Crippen molar-refractivity contribution in [2.45, 2.75) is 19.8 Å². The van der Waals surface area contributed by atoms with Crippen LogP contribution in [0.4, 0.5) is 0 Å². The topological polar surface area (TPSA) is 50.2 Å². The van der Waals surface area contributed by atoms with E-state index in [1.165, 1.54) is 5.56 Å². The van der Waals surface area contributed by atoms with E-state index >= 15 is 0 Å². The van der Waals surface area contributed by atoms with Gasteiger partial charge >= 0.3 is 5.97 Å². The Morgan fingerprint density at radius 1 is 1.08 bits per heavy atom. The molecule has 3 heteroatoms. The first-order chi connectivity index (χ1) is 11.6. The van der Waals surface area contributed by atoms with Gasteiger partial charge in [-0.15, -0.1) is 0 Å². The van der Waals surface area contributed by atoms with Gasteiger partial charge in [0.05, 0.1) is 16.8 Å². The lowest BCUT2D eigenvalue weighted by molar-refractivity contribution is 0.0698. The lowest BCUT2D eigenvalue weighted by atomic mass is 10.0. The molecule has 1 N–H and O–H groups in total.